The van der Waals surface area contributed by atoms with Crippen molar-refractivity contribution in [1.82, 2.24) is 9.80 Å². The third-order valence-electron chi connectivity index (χ3n) is 4.81. The molecule has 1 atom stereocenters. The van der Waals surface area contributed by atoms with Gasteiger partial charge in [-0.05, 0) is 44.4 Å². The van der Waals surface area contributed by atoms with E-state index < -0.39 is 0 Å². The molecule has 0 radical (unpaired) electrons. The fourth-order valence-corrected chi connectivity index (χ4v) is 4.50. The van der Waals surface area contributed by atoms with Gasteiger partial charge in [0.15, 0.2) is 0 Å². The lowest BCUT2D eigenvalue weighted by atomic mass is 10.1. The van der Waals surface area contributed by atoms with E-state index in [1.54, 1.807) is 4.90 Å². The van der Waals surface area contributed by atoms with Crippen LogP contribution in [0.3, 0.4) is 0 Å². The monoisotopic (exact) mass is 376 g/mol. The van der Waals surface area contributed by atoms with E-state index in [9.17, 15) is 9.59 Å². The van der Waals surface area contributed by atoms with Crippen molar-refractivity contribution in [3.8, 4) is 5.75 Å². The maximum atomic E-state index is 12.9. The smallest absolute Gasteiger partial charge is 0.245 e. The van der Waals surface area contributed by atoms with Gasteiger partial charge in [-0.3, -0.25) is 9.59 Å². The highest BCUT2D eigenvalue weighted by molar-refractivity contribution is 7.99. The van der Waals surface area contributed by atoms with E-state index in [2.05, 4.69) is 0 Å². The van der Waals surface area contributed by atoms with Crippen molar-refractivity contribution < 1.29 is 14.3 Å². The third-order valence-corrected chi connectivity index (χ3v) is 5.75. The number of nitrogens with zero attached hydrogens (tertiary/aromatic N) is 2. The molecule has 2 amide bonds. The van der Waals surface area contributed by atoms with Crippen molar-refractivity contribution in [3.05, 3.63) is 29.8 Å². The largest absolute Gasteiger partial charge is 0.491 e. The zero-order valence-electron chi connectivity index (χ0n) is 15.6. The summed E-state index contributed by atoms with van der Waals surface area (Å²) in [6.07, 6.45) is 2.10. The second kappa shape index (κ2) is 8.80. The Morgan fingerprint density at radius 3 is 2.73 bits per heavy atom. The van der Waals surface area contributed by atoms with Gasteiger partial charge in [0.25, 0.3) is 0 Å². The summed E-state index contributed by atoms with van der Waals surface area (Å²) in [6.45, 7) is 6.25. The lowest BCUT2D eigenvalue weighted by Gasteiger charge is -2.32. The number of benzene rings is 1. The predicted molar refractivity (Wildman–Crippen MR) is 105 cm³/mol. The number of hydrogen-bond donors (Lipinski definition) is 0. The highest BCUT2D eigenvalue weighted by Gasteiger charge is 2.36. The van der Waals surface area contributed by atoms with E-state index >= 15 is 0 Å². The average molecular weight is 377 g/mol. The molecule has 0 saturated carbocycles. The molecule has 1 aromatic rings. The molecule has 0 unspecified atom stereocenters. The first-order valence-corrected chi connectivity index (χ1v) is 10.6. The lowest BCUT2D eigenvalue weighted by molar-refractivity contribution is -0.143. The molecule has 2 aliphatic heterocycles. The number of ether oxygens (including phenoxy) is 1. The molecule has 26 heavy (non-hydrogen) atoms. The molecule has 2 heterocycles. The van der Waals surface area contributed by atoms with Crippen molar-refractivity contribution in [2.75, 3.05) is 31.1 Å². The molecular formula is C20H28N2O3S. The fraction of sp³-hybridized carbons (Fsp3) is 0.600. The van der Waals surface area contributed by atoms with Crippen LogP contribution in [0.25, 0.3) is 0 Å². The van der Waals surface area contributed by atoms with E-state index in [0.717, 1.165) is 48.7 Å². The molecular weight excluding hydrogens is 348 g/mol. The molecule has 6 heteroatoms. The highest BCUT2D eigenvalue weighted by Crippen LogP contribution is 2.23. The molecule has 0 aromatic heterocycles. The lowest BCUT2D eigenvalue weighted by Crippen LogP contribution is -2.50. The fourth-order valence-electron chi connectivity index (χ4n) is 3.59. The minimum absolute atomic E-state index is 0.0360. The first-order valence-electron chi connectivity index (χ1n) is 9.46. The SMILES string of the molecule is CC(C)Oc1cccc(CC(=O)N2CCC[C@@H]2C(=O)N2CCSCC2)c1. The summed E-state index contributed by atoms with van der Waals surface area (Å²) in [5.74, 6) is 2.94. The van der Waals surface area contributed by atoms with Gasteiger partial charge in [0.2, 0.25) is 11.8 Å². The Kier molecular flexibility index (Phi) is 6.46. The molecule has 0 spiro atoms. The Balaban J connectivity index is 1.64. The van der Waals surface area contributed by atoms with Crippen LogP contribution in [0.15, 0.2) is 24.3 Å². The number of thioether (sulfide) groups is 1. The minimum Gasteiger partial charge on any atom is -0.491 e. The van der Waals surface area contributed by atoms with Gasteiger partial charge in [-0.15, -0.1) is 0 Å². The quantitative estimate of drug-likeness (QED) is 0.793. The molecule has 2 saturated heterocycles. The van der Waals surface area contributed by atoms with Crippen LogP contribution in [-0.2, 0) is 16.0 Å². The molecule has 2 aliphatic rings. The maximum absolute atomic E-state index is 12.9. The summed E-state index contributed by atoms with van der Waals surface area (Å²) in [4.78, 5) is 29.4. The summed E-state index contributed by atoms with van der Waals surface area (Å²) in [5, 5.41) is 0. The van der Waals surface area contributed by atoms with Gasteiger partial charge in [0.05, 0.1) is 12.5 Å². The predicted octanol–water partition coefficient (Wildman–Crippen LogP) is 2.58. The Morgan fingerprint density at radius 2 is 2.00 bits per heavy atom. The Bertz CT molecular complexity index is 644. The summed E-state index contributed by atoms with van der Waals surface area (Å²) >= 11 is 1.89. The van der Waals surface area contributed by atoms with Crippen molar-refractivity contribution in [1.29, 1.82) is 0 Å². The number of carbonyl (C=O) groups excluding carboxylic acids is 2. The number of hydrogen-bond acceptors (Lipinski definition) is 4. The number of amides is 2. The zero-order valence-corrected chi connectivity index (χ0v) is 16.5. The van der Waals surface area contributed by atoms with Crippen molar-refractivity contribution in [2.24, 2.45) is 0 Å². The third kappa shape index (κ3) is 4.72. The Labute approximate surface area is 160 Å². The van der Waals surface area contributed by atoms with Gasteiger partial charge in [0.1, 0.15) is 11.8 Å². The molecule has 0 aliphatic carbocycles. The molecule has 0 N–H and O–H groups in total. The van der Waals surface area contributed by atoms with E-state index in [1.165, 1.54) is 0 Å². The van der Waals surface area contributed by atoms with Crippen LogP contribution < -0.4 is 4.74 Å². The van der Waals surface area contributed by atoms with Crippen LogP contribution in [-0.4, -0.2) is 64.9 Å². The standard InChI is InChI=1S/C20H28N2O3S/c1-15(2)25-17-6-3-5-16(13-17)14-19(23)22-8-4-7-18(22)20(24)21-9-11-26-12-10-21/h3,5-6,13,15,18H,4,7-12,14H2,1-2H3/t18-/m1/s1. The average Bonchev–Trinajstić information content (AvgIpc) is 3.11. The molecule has 3 rings (SSSR count). The second-order valence-electron chi connectivity index (χ2n) is 7.17. The van der Waals surface area contributed by atoms with Crippen LogP contribution >= 0.6 is 11.8 Å². The second-order valence-corrected chi connectivity index (χ2v) is 8.40. The number of carbonyl (C=O) groups is 2. The van der Waals surface area contributed by atoms with Crippen LogP contribution in [0.4, 0.5) is 0 Å². The number of likely N-dealkylation sites (tertiary alicyclic amines) is 1. The summed E-state index contributed by atoms with van der Waals surface area (Å²) < 4.78 is 5.71. The maximum Gasteiger partial charge on any atom is 0.245 e. The highest BCUT2D eigenvalue weighted by atomic mass is 32.2. The topological polar surface area (TPSA) is 49.9 Å². The van der Waals surface area contributed by atoms with E-state index in [-0.39, 0.29) is 24.0 Å². The molecule has 2 fully saturated rings. The van der Waals surface area contributed by atoms with Crippen molar-refractivity contribution in [2.45, 2.75) is 45.3 Å². The molecule has 0 bridgehead atoms. The van der Waals surface area contributed by atoms with E-state index in [1.807, 2.05) is 54.8 Å². The van der Waals surface area contributed by atoms with Crippen molar-refractivity contribution in [3.63, 3.8) is 0 Å². The zero-order chi connectivity index (χ0) is 18.5. The van der Waals surface area contributed by atoms with Crippen LogP contribution in [0, 0.1) is 0 Å². The Morgan fingerprint density at radius 1 is 1.23 bits per heavy atom. The van der Waals surface area contributed by atoms with Crippen molar-refractivity contribution >= 4 is 23.6 Å². The number of rotatable bonds is 5. The van der Waals surface area contributed by atoms with E-state index in [0.29, 0.717) is 13.0 Å². The first kappa shape index (κ1) is 19.1. The van der Waals surface area contributed by atoms with Gasteiger partial charge in [-0.25, -0.2) is 0 Å². The van der Waals surface area contributed by atoms with E-state index in [4.69, 9.17) is 4.74 Å². The van der Waals surface area contributed by atoms with Gasteiger partial charge in [-0.1, -0.05) is 12.1 Å². The summed E-state index contributed by atoms with van der Waals surface area (Å²) in [7, 11) is 0. The summed E-state index contributed by atoms with van der Waals surface area (Å²) in [5.41, 5.74) is 0.931. The Hall–Kier alpha value is -1.69. The van der Waals surface area contributed by atoms with Gasteiger partial charge in [-0.2, -0.15) is 11.8 Å². The molecule has 1 aromatic carbocycles. The van der Waals surface area contributed by atoms with Gasteiger partial charge >= 0.3 is 0 Å². The van der Waals surface area contributed by atoms with Crippen LogP contribution in [0.2, 0.25) is 0 Å². The normalized spacial score (nSPS) is 20.5. The molecule has 5 nitrogen and oxygen atoms in total. The first-order chi connectivity index (χ1) is 12.5. The molecule has 142 valence electrons. The van der Waals surface area contributed by atoms with Crippen LogP contribution in [0.5, 0.6) is 5.75 Å². The summed E-state index contributed by atoms with van der Waals surface area (Å²) in [6, 6.07) is 7.41. The van der Waals surface area contributed by atoms with Crippen LogP contribution in [0.1, 0.15) is 32.3 Å². The van der Waals surface area contributed by atoms with Gasteiger partial charge in [0, 0.05) is 31.1 Å². The minimum atomic E-state index is -0.277. The van der Waals surface area contributed by atoms with Gasteiger partial charge < -0.3 is 14.5 Å².